The summed E-state index contributed by atoms with van der Waals surface area (Å²) in [5.74, 6) is -4.00. The van der Waals surface area contributed by atoms with Crippen molar-refractivity contribution in [3.8, 4) is 16.9 Å². The van der Waals surface area contributed by atoms with Gasteiger partial charge >= 0.3 is 6.18 Å². The fourth-order valence-corrected chi connectivity index (χ4v) is 9.23. The van der Waals surface area contributed by atoms with Crippen LogP contribution in [0.4, 0.5) is 22.0 Å². The highest BCUT2D eigenvalue weighted by Gasteiger charge is 2.53. The van der Waals surface area contributed by atoms with Gasteiger partial charge in [0, 0.05) is 17.6 Å². The van der Waals surface area contributed by atoms with Crippen molar-refractivity contribution in [2.75, 3.05) is 0 Å². The molecule has 6 nitrogen and oxygen atoms in total. The van der Waals surface area contributed by atoms with Crippen LogP contribution in [-0.2, 0) is 26.9 Å². The van der Waals surface area contributed by atoms with Crippen molar-refractivity contribution in [1.82, 2.24) is 9.62 Å². The summed E-state index contributed by atoms with van der Waals surface area (Å²) < 4.78 is 109. The van der Waals surface area contributed by atoms with E-state index in [2.05, 4.69) is 11.6 Å². The number of amides is 1. The van der Waals surface area contributed by atoms with Crippen LogP contribution in [-0.4, -0.2) is 43.5 Å². The van der Waals surface area contributed by atoms with Gasteiger partial charge in [-0.25, -0.2) is 8.42 Å². The molecule has 270 valence electrons. The number of carbonyl (C=O) groups is 1. The van der Waals surface area contributed by atoms with Crippen LogP contribution in [0.1, 0.15) is 69.4 Å². The average Bonchev–Trinajstić information content (AvgIpc) is 3.71. The molecule has 1 N–H and O–H groups in total. The molecule has 0 radical (unpaired) electrons. The van der Waals surface area contributed by atoms with Crippen molar-refractivity contribution in [3.05, 3.63) is 96.1 Å². The number of halogens is 5. The summed E-state index contributed by atoms with van der Waals surface area (Å²) in [5.41, 5.74) is -0.694. The number of sulfonamides is 1. The van der Waals surface area contributed by atoms with Gasteiger partial charge in [-0.15, -0.1) is 0 Å². The molecule has 0 spiro atoms. The van der Waals surface area contributed by atoms with Crippen molar-refractivity contribution in [3.63, 3.8) is 0 Å². The van der Waals surface area contributed by atoms with E-state index in [-0.39, 0.29) is 23.1 Å². The fraction of sp³-hybridized carbons (Fsp3) is 0.410. The van der Waals surface area contributed by atoms with E-state index in [1.807, 2.05) is 6.07 Å². The first kappa shape index (κ1) is 35.4. The molecule has 0 aromatic heterocycles. The lowest BCUT2D eigenvalue weighted by atomic mass is 9.90. The molecule has 1 amide bonds. The standard InChI is InChI=1S/C39H39F5N2O4S/c1-24-20-31-16-17-32(21-24)46(31)37(47)36(38(40,41)29-12-6-25(7-13-29)26-8-14-30(15-9-26)39(42,43)44)45-51(48,49)35-19-11-27-22-34(18-10-28(27)23-35)50-33-4-2-3-5-33/h6-15,18-19,22-24,31-33,36,45H,2-5,16-17,20-21H2,1H3. The minimum atomic E-state index is -4.65. The molecule has 7 rings (SSSR count). The summed E-state index contributed by atoms with van der Waals surface area (Å²) in [5, 5.41) is 1.28. The van der Waals surface area contributed by atoms with E-state index in [1.54, 1.807) is 18.2 Å². The highest BCUT2D eigenvalue weighted by molar-refractivity contribution is 7.89. The van der Waals surface area contributed by atoms with Crippen LogP contribution in [0.25, 0.3) is 21.9 Å². The zero-order valence-electron chi connectivity index (χ0n) is 28.0. The Bertz CT molecular complexity index is 2000. The van der Waals surface area contributed by atoms with Gasteiger partial charge in [-0.3, -0.25) is 4.79 Å². The number of alkyl halides is 5. The minimum absolute atomic E-state index is 0.141. The number of fused-ring (bicyclic) bond motifs is 3. The van der Waals surface area contributed by atoms with Crippen LogP contribution < -0.4 is 9.46 Å². The SMILES string of the molecule is CC1CC2CCC(C1)N2C(=O)C(NS(=O)(=O)c1ccc2cc(OC3CCCC3)ccc2c1)C(F)(F)c1ccc(-c2ccc(C(F)(F)F)cc2)cc1. The van der Waals surface area contributed by atoms with Gasteiger partial charge in [-0.05, 0) is 116 Å². The molecule has 2 saturated heterocycles. The van der Waals surface area contributed by atoms with Crippen LogP contribution in [0, 0.1) is 5.92 Å². The number of hydrogen-bond donors (Lipinski definition) is 1. The van der Waals surface area contributed by atoms with Gasteiger partial charge in [0.25, 0.3) is 5.92 Å². The average molecular weight is 727 g/mol. The van der Waals surface area contributed by atoms with Crippen molar-refractivity contribution in [1.29, 1.82) is 0 Å². The van der Waals surface area contributed by atoms with E-state index in [0.29, 0.717) is 53.9 Å². The second kappa shape index (κ2) is 13.5. The lowest BCUT2D eigenvalue weighted by Crippen LogP contribution is -2.59. The normalized spacial score (nSPS) is 22.0. The molecule has 3 atom stereocenters. The molecule has 2 bridgehead atoms. The van der Waals surface area contributed by atoms with Crippen molar-refractivity contribution < 1.29 is 39.9 Å². The Morgan fingerprint density at radius 1 is 0.765 bits per heavy atom. The zero-order chi connectivity index (χ0) is 36.1. The van der Waals surface area contributed by atoms with Crippen LogP contribution in [0.5, 0.6) is 5.75 Å². The second-order valence-electron chi connectivity index (χ2n) is 14.2. The number of hydrogen-bond acceptors (Lipinski definition) is 4. The lowest BCUT2D eigenvalue weighted by molar-refractivity contribution is -0.149. The molecule has 4 aromatic rings. The van der Waals surface area contributed by atoms with Crippen LogP contribution in [0.15, 0.2) is 89.8 Å². The monoisotopic (exact) mass is 726 g/mol. The number of benzene rings is 4. The van der Waals surface area contributed by atoms with Gasteiger partial charge in [0.15, 0.2) is 6.04 Å². The third-order valence-corrected chi connectivity index (χ3v) is 12.0. The highest BCUT2D eigenvalue weighted by atomic mass is 32.2. The molecule has 1 aliphatic carbocycles. The Morgan fingerprint density at radius 2 is 1.31 bits per heavy atom. The Morgan fingerprint density at radius 3 is 1.90 bits per heavy atom. The highest BCUT2D eigenvalue weighted by Crippen LogP contribution is 2.42. The largest absolute Gasteiger partial charge is 0.490 e. The number of nitrogens with zero attached hydrogens (tertiary/aromatic N) is 1. The molecule has 12 heteroatoms. The molecule has 51 heavy (non-hydrogen) atoms. The van der Waals surface area contributed by atoms with Gasteiger partial charge in [0.05, 0.1) is 16.6 Å². The molecule has 2 aliphatic heterocycles. The molecule has 4 aromatic carbocycles. The first-order valence-electron chi connectivity index (χ1n) is 17.4. The molecular formula is C39H39F5N2O4S. The first-order chi connectivity index (χ1) is 24.2. The van der Waals surface area contributed by atoms with E-state index in [4.69, 9.17) is 4.74 Å². The minimum Gasteiger partial charge on any atom is -0.490 e. The topological polar surface area (TPSA) is 75.7 Å². The summed E-state index contributed by atoms with van der Waals surface area (Å²) in [6, 6.07) is 15.7. The van der Waals surface area contributed by atoms with Crippen LogP contribution in [0.2, 0.25) is 0 Å². The molecule has 1 saturated carbocycles. The number of piperidine rings is 1. The van der Waals surface area contributed by atoms with E-state index in [9.17, 15) is 26.4 Å². The van der Waals surface area contributed by atoms with E-state index < -0.39 is 45.2 Å². The second-order valence-corrected chi connectivity index (χ2v) is 15.9. The van der Waals surface area contributed by atoms with Crippen molar-refractivity contribution >= 4 is 26.7 Å². The number of rotatable bonds is 9. The van der Waals surface area contributed by atoms with E-state index in [1.165, 1.54) is 41.3 Å². The third-order valence-electron chi connectivity index (χ3n) is 10.6. The fourth-order valence-electron chi connectivity index (χ4n) is 8.00. The summed E-state index contributed by atoms with van der Waals surface area (Å²) >= 11 is 0. The van der Waals surface area contributed by atoms with Gasteiger partial charge in [-0.2, -0.15) is 26.7 Å². The third kappa shape index (κ3) is 7.22. The first-order valence-corrected chi connectivity index (χ1v) is 18.9. The smallest absolute Gasteiger partial charge is 0.416 e. The Labute approximate surface area is 294 Å². The summed E-state index contributed by atoms with van der Waals surface area (Å²) in [4.78, 5) is 15.4. The van der Waals surface area contributed by atoms with Crippen molar-refractivity contribution in [2.24, 2.45) is 5.92 Å². The Balaban J connectivity index is 1.19. The van der Waals surface area contributed by atoms with Gasteiger partial charge in [-0.1, -0.05) is 55.5 Å². The summed E-state index contributed by atoms with van der Waals surface area (Å²) in [6.45, 7) is 2.06. The predicted molar refractivity (Wildman–Crippen MR) is 184 cm³/mol. The summed E-state index contributed by atoms with van der Waals surface area (Å²) in [7, 11) is -4.65. The maximum Gasteiger partial charge on any atom is 0.416 e. The number of nitrogens with one attached hydrogen (secondary N) is 1. The van der Waals surface area contributed by atoms with E-state index in [0.717, 1.165) is 55.3 Å². The Kier molecular flexibility index (Phi) is 9.37. The lowest BCUT2D eigenvalue weighted by Gasteiger charge is -2.41. The molecule has 3 fully saturated rings. The van der Waals surface area contributed by atoms with Gasteiger partial charge in [0.2, 0.25) is 15.9 Å². The molecule has 3 aliphatic rings. The zero-order valence-corrected chi connectivity index (χ0v) is 28.8. The van der Waals surface area contributed by atoms with Gasteiger partial charge in [0.1, 0.15) is 5.75 Å². The maximum atomic E-state index is 16.7. The quantitative estimate of drug-likeness (QED) is 0.175. The number of ether oxygens (including phenoxy) is 1. The molecule has 2 heterocycles. The van der Waals surface area contributed by atoms with Crippen LogP contribution in [0.3, 0.4) is 0 Å². The molecule has 3 unspecified atom stereocenters. The maximum absolute atomic E-state index is 16.7. The van der Waals surface area contributed by atoms with Gasteiger partial charge < -0.3 is 9.64 Å². The molecular weight excluding hydrogens is 687 g/mol. The summed E-state index contributed by atoms with van der Waals surface area (Å²) in [6.07, 6.45) is 2.41. The Hall–Kier alpha value is -4.03. The predicted octanol–water partition coefficient (Wildman–Crippen LogP) is 9.08. The number of carbonyl (C=O) groups excluding carboxylic acids is 1. The van der Waals surface area contributed by atoms with Crippen molar-refractivity contribution in [2.45, 2.75) is 99.5 Å². The van der Waals surface area contributed by atoms with E-state index >= 15 is 8.78 Å². The van der Waals surface area contributed by atoms with Crippen LogP contribution >= 0.6 is 0 Å².